The molecule has 0 radical (unpaired) electrons. The molecule has 2 atom stereocenters. The summed E-state index contributed by atoms with van der Waals surface area (Å²) < 4.78 is 12.7. The smallest absolute Gasteiger partial charge is 0.250 e. The maximum atomic E-state index is 12.4. The van der Waals surface area contributed by atoms with E-state index >= 15 is 0 Å². The van der Waals surface area contributed by atoms with Crippen molar-refractivity contribution in [2.24, 2.45) is 0 Å². The minimum absolute atomic E-state index is 0.0679. The summed E-state index contributed by atoms with van der Waals surface area (Å²) in [4.78, 5) is 21.2. The van der Waals surface area contributed by atoms with Crippen molar-refractivity contribution in [3.05, 3.63) is 96.6 Å². The Labute approximate surface area is 239 Å². The van der Waals surface area contributed by atoms with Crippen molar-refractivity contribution in [3.8, 4) is 11.4 Å². The summed E-state index contributed by atoms with van der Waals surface area (Å²) in [6.07, 6.45) is 3.84. The standard InChI is InChI=1S/C30H32N6O3S/c1-34(2)20-10-12-21(13-11-20)35-17-7-9-25(35)29-28(23-8-5-6-16-31-23)33-30(40)36(29)22-14-15-26(39-4)24(18-22)32-27(37)19-38-3/h5-18,28-29H,19H2,1-4H3,(H,32,37)(H,33,40)/t28-,29+/m0/s1. The summed E-state index contributed by atoms with van der Waals surface area (Å²) in [7, 11) is 7.10. The fraction of sp³-hybridized carbons (Fsp3) is 0.233. The molecule has 0 saturated carbocycles. The van der Waals surface area contributed by atoms with Gasteiger partial charge in [0.25, 0.3) is 0 Å². The molecule has 0 aliphatic carbocycles. The van der Waals surface area contributed by atoms with Gasteiger partial charge in [-0.15, -0.1) is 0 Å². The molecule has 0 unspecified atom stereocenters. The van der Waals surface area contributed by atoms with E-state index in [1.54, 1.807) is 13.3 Å². The lowest BCUT2D eigenvalue weighted by Crippen LogP contribution is -2.30. The average molecular weight is 557 g/mol. The van der Waals surface area contributed by atoms with Crippen LogP contribution in [0.2, 0.25) is 0 Å². The van der Waals surface area contributed by atoms with Gasteiger partial charge in [-0.25, -0.2) is 0 Å². The molecular formula is C30H32N6O3S. The molecule has 1 amide bonds. The third kappa shape index (κ3) is 5.36. The molecule has 0 spiro atoms. The molecule has 10 heteroatoms. The number of aromatic nitrogens is 2. The first-order valence-corrected chi connectivity index (χ1v) is 13.2. The third-order valence-corrected chi connectivity index (χ3v) is 7.15. The van der Waals surface area contributed by atoms with E-state index in [1.165, 1.54) is 7.11 Å². The van der Waals surface area contributed by atoms with Crippen LogP contribution in [0.15, 0.2) is 85.2 Å². The Morgan fingerprint density at radius 1 is 1.05 bits per heavy atom. The van der Waals surface area contributed by atoms with Crippen LogP contribution in [-0.4, -0.2) is 55.5 Å². The monoisotopic (exact) mass is 556 g/mol. The Morgan fingerprint density at radius 3 is 2.50 bits per heavy atom. The number of hydrogen-bond acceptors (Lipinski definition) is 6. The van der Waals surface area contributed by atoms with Crippen molar-refractivity contribution < 1.29 is 14.3 Å². The Kier molecular flexibility index (Phi) is 7.99. The molecule has 1 aliphatic rings. The lowest BCUT2D eigenvalue weighted by atomic mass is 10.0. The van der Waals surface area contributed by atoms with E-state index in [0.717, 1.165) is 28.5 Å². The molecule has 40 heavy (non-hydrogen) atoms. The van der Waals surface area contributed by atoms with Gasteiger partial charge in [0.05, 0.1) is 24.5 Å². The van der Waals surface area contributed by atoms with Crippen LogP contribution < -0.4 is 25.2 Å². The lowest BCUT2D eigenvalue weighted by Gasteiger charge is -2.29. The molecule has 4 aromatic rings. The molecule has 206 valence electrons. The average Bonchev–Trinajstić information content (AvgIpc) is 3.58. The van der Waals surface area contributed by atoms with Crippen LogP contribution in [0.5, 0.6) is 5.75 Å². The topological polar surface area (TPSA) is 83.9 Å². The summed E-state index contributed by atoms with van der Waals surface area (Å²) in [6.45, 7) is -0.0679. The molecule has 2 N–H and O–H groups in total. The van der Waals surface area contributed by atoms with Crippen LogP contribution >= 0.6 is 12.2 Å². The minimum atomic E-state index is -0.280. The van der Waals surface area contributed by atoms with E-state index in [9.17, 15) is 4.79 Å². The zero-order valence-corrected chi connectivity index (χ0v) is 23.7. The highest BCUT2D eigenvalue weighted by Gasteiger charge is 2.42. The van der Waals surface area contributed by atoms with E-state index in [1.807, 2.05) is 56.6 Å². The fourth-order valence-electron chi connectivity index (χ4n) is 4.98. The molecule has 5 rings (SSSR count). The van der Waals surface area contributed by atoms with Crippen LogP contribution in [0.25, 0.3) is 5.69 Å². The predicted molar refractivity (Wildman–Crippen MR) is 162 cm³/mol. The normalized spacial score (nSPS) is 16.5. The number of nitrogens with zero attached hydrogens (tertiary/aromatic N) is 4. The quantitative estimate of drug-likeness (QED) is 0.287. The van der Waals surface area contributed by atoms with Crippen molar-refractivity contribution in [1.82, 2.24) is 14.9 Å². The van der Waals surface area contributed by atoms with E-state index in [4.69, 9.17) is 21.7 Å². The molecular weight excluding hydrogens is 524 g/mol. The van der Waals surface area contributed by atoms with Crippen molar-refractivity contribution in [2.75, 3.05) is 50.0 Å². The van der Waals surface area contributed by atoms with Crippen molar-refractivity contribution in [3.63, 3.8) is 0 Å². The first kappa shape index (κ1) is 27.2. The third-order valence-electron chi connectivity index (χ3n) is 6.84. The first-order valence-electron chi connectivity index (χ1n) is 12.8. The number of hydrogen-bond donors (Lipinski definition) is 2. The Morgan fingerprint density at radius 2 is 1.82 bits per heavy atom. The van der Waals surface area contributed by atoms with Gasteiger partial charge in [0.15, 0.2) is 5.11 Å². The van der Waals surface area contributed by atoms with E-state index in [2.05, 4.69) is 66.5 Å². The molecule has 9 nitrogen and oxygen atoms in total. The van der Waals surface area contributed by atoms with Gasteiger partial charge in [0, 0.05) is 56.4 Å². The summed E-state index contributed by atoms with van der Waals surface area (Å²) in [5, 5.41) is 6.94. The second-order valence-corrected chi connectivity index (χ2v) is 9.96. The highest BCUT2D eigenvalue weighted by Crippen LogP contribution is 2.43. The van der Waals surface area contributed by atoms with Crippen LogP contribution in [-0.2, 0) is 9.53 Å². The minimum Gasteiger partial charge on any atom is -0.495 e. The largest absolute Gasteiger partial charge is 0.495 e. The number of nitrogens with one attached hydrogen (secondary N) is 2. The molecule has 1 saturated heterocycles. The second-order valence-electron chi connectivity index (χ2n) is 9.58. The summed E-state index contributed by atoms with van der Waals surface area (Å²) in [5.74, 6) is 0.256. The summed E-state index contributed by atoms with van der Waals surface area (Å²) in [6, 6.07) is 23.6. The highest BCUT2D eigenvalue weighted by atomic mass is 32.1. The number of ether oxygens (including phenoxy) is 2. The van der Waals surface area contributed by atoms with Gasteiger partial charge in [0.1, 0.15) is 18.4 Å². The maximum Gasteiger partial charge on any atom is 0.250 e. The van der Waals surface area contributed by atoms with Gasteiger partial charge in [-0.2, -0.15) is 0 Å². The number of carbonyl (C=O) groups is 1. The molecule has 2 aromatic carbocycles. The number of methoxy groups -OCH3 is 2. The van der Waals surface area contributed by atoms with E-state index < -0.39 is 0 Å². The summed E-state index contributed by atoms with van der Waals surface area (Å²) in [5.41, 5.74) is 5.38. The van der Waals surface area contributed by atoms with Gasteiger partial charge in [-0.05, 0) is 78.9 Å². The lowest BCUT2D eigenvalue weighted by molar-refractivity contribution is -0.119. The first-order chi connectivity index (χ1) is 19.4. The van der Waals surface area contributed by atoms with Gasteiger partial charge >= 0.3 is 0 Å². The van der Waals surface area contributed by atoms with Crippen molar-refractivity contribution in [2.45, 2.75) is 12.1 Å². The SMILES string of the molecule is COCC(=O)Nc1cc(N2C(=S)N[C@@H](c3ccccn3)[C@H]2c2cccn2-c2ccc(N(C)C)cc2)ccc1OC. The van der Waals surface area contributed by atoms with Crippen molar-refractivity contribution in [1.29, 1.82) is 0 Å². The zero-order valence-electron chi connectivity index (χ0n) is 22.9. The van der Waals surface area contributed by atoms with Crippen molar-refractivity contribution >= 4 is 40.3 Å². The summed E-state index contributed by atoms with van der Waals surface area (Å²) >= 11 is 5.92. The predicted octanol–water partition coefficient (Wildman–Crippen LogP) is 4.71. The molecule has 1 fully saturated rings. The number of anilines is 3. The molecule has 1 aliphatic heterocycles. The molecule has 0 bridgehead atoms. The Bertz CT molecular complexity index is 1490. The van der Waals surface area contributed by atoms with Gasteiger partial charge in [0.2, 0.25) is 5.91 Å². The molecule has 2 aromatic heterocycles. The number of pyridine rings is 1. The van der Waals surface area contributed by atoms with E-state index in [-0.39, 0.29) is 24.6 Å². The van der Waals surface area contributed by atoms with E-state index in [0.29, 0.717) is 16.5 Å². The second kappa shape index (κ2) is 11.8. The fourth-order valence-corrected chi connectivity index (χ4v) is 5.32. The zero-order chi connectivity index (χ0) is 28.2. The van der Waals surface area contributed by atoms with Gasteiger partial charge < -0.3 is 34.5 Å². The highest BCUT2D eigenvalue weighted by molar-refractivity contribution is 7.80. The van der Waals surface area contributed by atoms with Gasteiger partial charge in [-0.1, -0.05) is 6.07 Å². The number of amides is 1. The number of benzene rings is 2. The van der Waals surface area contributed by atoms with Gasteiger partial charge in [-0.3, -0.25) is 9.78 Å². The van der Waals surface area contributed by atoms with Crippen LogP contribution in [0.4, 0.5) is 17.1 Å². The maximum absolute atomic E-state index is 12.4. The van der Waals surface area contributed by atoms with Crippen LogP contribution in [0.1, 0.15) is 23.5 Å². The molecule has 3 heterocycles. The Hall–Kier alpha value is -4.41. The van der Waals surface area contributed by atoms with Crippen LogP contribution in [0.3, 0.4) is 0 Å². The van der Waals surface area contributed by atoms with Crippen LogP contribution in [0, 0.1) is 0 Å². The Balaban J connectivity index is 1.61. The number of rotatable bonds is 9. The number of thiocarbonyl (C=S) groups is 1. The number of carbonyl (C=O) groups excluding carboxylic acids is 1.